The topological polar surface area (TPSA) is 175 Å². The molecule has 0 aromatic carbocycles. The van der Waals surface area contributed by atoms with Crippen LogP contribution in [0.5, 0.6) is 0 Å². The SMILES string of the molecule is CCCCCCCCCCCC/C=C/C(O)C(COC1OC(CO)C(O)C(O)C1O)NC(=O)CCCCCCCCC/C=C\CCCCCCOC(=O)CCCCCCCCCCCCC. The van der Waals surface area contributed by atoms with Crippen molar-refractivity contribution in [1.82, 2.24) is 5.32 Å². The number of unbranched alkanes of at least 4 members (excludes halogenated alkanes) is 31. The summed E-state index contributed by atoms with van der Waals surface area (Å²) in [6.45, 7) is 4.28. The number of carbonyl (C=O) groups excluding carboxylic acids is 2. The fourth-order valence-corrected chi connectivity index (χ4v) is 8.60. The van der Waals surface area contributed by atoms with E-state index in [4.69, 9.17) is 14.2 Å². The van der Waals surface area contributed by atoms with Crippen LogP contribution < -0.4 is 5.32 Å². The molecule has 7 atom stereocenters. The Labute approximate surface area is 403 Å². The second kappa shape index (κ2) is 45.6. The van der Waals surface area contributed by atoms with E-state index in [0.717, 1.165) is 83.5 Å². The predicted molar refractivity (Wildman–Crippen MR) is 269 cm³/mol. The summed E-state index contributed by atoms with van der Waals surface area (Å²) < 4.78 is 16.7. The number of ether oxygens (including phenoxy) is 3. The van der Waals surface area contributed by atoms with Crippen molar-refractivity contribution in [2.24, 2.45) is 0 Å². The molecule has 0 aliphatic carbocycles. The van der Waals surface area contributed by atoms with Gasteiger partial charge in [0.2, 0.25) is 5.91 Å². The lowest BCUT2D eigenvalue weighted by atomic mass is 9.99. The van der Waals surface area contributed by atoms with E-state index in [1.807, 2.05) is 6.08 Å². The molecule has 7 unspecified atom stereocenters. The van der Waals surface area contributed by atoms with Crippen LogP contribution in [0.4, 0.5) is 0 Å². The fourth-order valence-electron chi connectivity index (χ4n) is 8.60. The van der Waals surface area contributed by atoms with Crippen LogP contribution in [0.1, 0.15) is 251 Å². The van der Waals surface area contributed by atoms with Crippen LogP contribution in [0.3, 0.4) is 0 Å². The Kier molecular flexibility index (Phi) is 42.9. The maximum Gasteiger partial charge on any atom is 0.305 e. The molecular weight excluding hydrogens is 835 g/mol. The molecule has 0 aromatic rings. The third-order valence-electron chi connectivity index (χ3n) is 13.1. The van der Waals surface area contributed by atoms with Gasteiger partial charge in [-0.1, -0.05) is 205 Å². The Bertz CT molecular complexity index is 1150. The normalized spacial score (nSPS) is 19.8. The zero-order valence-corrected chi connectivity index (χ0v) is 42.4. The number of esters is 1. The van der Waals surface area contributed by atoms with E-state index < -0.39 is 49.5 Å². The highest BCUT2D eigenvalue weighted by atomic mass is 16.7. The zero-order chi connectivity index (χ0) is 48.1. The van der Waals surface area contributed by atoms with Crippen LogP contribution >= 0.6 is 0 Å². The van der Waals surface area contributed by atoms with E-state index in [1.54, 1.807) is 6.08 Å². The van der Waals surface area contributed by atoms with Gasteiger partial charge >= 0.3 is 5.97 Å². The minimum absolute atomic E-state index is 0.0298. The molecule has 1 rings (SSSR count). The van der Waals surface area contributed by atoms with Gasteiger partial charge in [0.05, 0.1) is 32.0 Å². The van der Waals surface area contributed by atoms with Crippen LogP contribution in [0.15, 0.2) is 24.3 Å². The molecule has 1 aliphatic rings. The Balaban J connectivity index is 2.16. The van der Waals surface area contributed by atoms with Gasteiger partial charge in [0.1, 0.15) is 24.4 Å². The van der Waals surface area contributed by atoms with E-state index >= 15 is 0 Å². The molecule has 1 amide bonds. The van der Waals surface area contributed by atoms with Crippen molar-refractivity contribution in [3.05, 3.63) is 24.3 Å². The standard InChI is InChI=1S/C55H103NO10/c1-3-5-7-9-11-13-15-22-25-29-33-37-41-48(58)47(46-65-55-54(63)53(62)52(61)49(45-57)66-55)56-50(59)42-38-34-30-26-23-19-17-16-18-20-24-28-32-36-40-44-64-51(60)43-39-35-31-27-21-14-12-10-8-6-4-2/h18,20,37,41,47-49,52-55,57-58,61-63H,3-17,19,21-36,38-40,42-46H2,1-2H3,(H,56,59)/b20-18-,41-37+. The van der Waals surface area contributed by atoms with Crippen molar-refractivity contribution in [1.29, 1.82) is 0 Å². The van der Waals surface area contributed by atoms with Crippen molar-refractivity contribution in [3.63, 3.8) is 0 Å². The monoisotopic (exact) mass is 938 g/mol. The maximum atomic E-state index is 13.0. The van der Waals surface area contributed by atoms with Crippen molar-refractivity contribution >= 4 is 11.9 Å². The second-order valence-corrected chi connectivity index (χ2v) is 19.3. The Hall–Kier alpha value is -1.86. The summed E-state index contributed by atoms with van der Waals surface area (Å²) in [4.78, 5) is 25.0. The number of amides is 1. The first kappa shape index (κ1) is 62.2. The average Bonchev–Trinajstić information content (AvgIpc) is 3.31. The van der Waals surface area contributed by atoms with E-state index in [-0.39, 0.29) is 18.5 Å². The molecule has 66 heavy (non-hydrogen) atoms. The highest BCUT2D eigenvalue weighted by molar-refractivity contribution is 5.76. The van der Waals surface area contributed by atoms with Gasteiger partial charge in [0, 0.05) is 12.8 Å². The molecule has 1 saturated heterocycles. The highest BCUT2D eigenvalue weighted by Gasteiger charge is 2.44. The van der Waals surface area contributed by atoms with Crippen molar-refractivity contribution in [2.75, 3.05) is 19.8 Å². The molecule has 0 radical (unpaired) electrons. The number of aliphatic hydroxyl groups excluding tert-OH is 5. The van der Waals surface area contributed by atoms with Gasteiger partial charge in [-0.3, -0.25) is 9.59 Å². The predicted octanol–water partition coefficient (Wildman–Crippen LogP) is 11.8. The summed E-state index contributed by atoms with van der Waals surface area (Å²) in [5.41, 5.74) is 0. The average molecular weight is 938 g/mol. The smallest absolute Gasteiger partial charge is 0.305 e. The first-order valence-electron chi connectivity index (χ1n) is 27.6. The summed E-state index contributed by atoms with van der Waals surface area (Å²) in [6.07, 6.45) is 42.5. The fraction of sp³-hybridized carbons (Fsp3) is 0.891. The minimum Gasteiger partial charge on any atom is -0.466 e. The molecule has 11 nitrogen and oxygen atoms in total. The lowest BCUT2D eigenvalue weighted by Crippen LogP contribution is -2.60. The maximum absolute atomic E-state index is 13.0. The molecular formula is C55H103NO10. The summed E-state index contributed by atoms with van der Waals surface area (Å²) in [6, 6.07) is -0.820. The van der Waals surface area contributed by atoms with Gasteiger partial charge in [-0.2, -0.15) is 0 Å². The number of allylic oxidation sites excluding steroid dienone is 3. The number of hydrogen-bond acceptors (Lipinski definition) is 10. The molecule has 6 N–H and O–H groups in total. The van der Waals surface area contributed by atoms with Crippen LogP contribution in [0.2, 0.25) is 0 Å². The number of aliphatic hydroxyl groups is 5. The van der Waals surface area contributed by atoms with Crippen LogP contribution in [-0.4, -0.2) is 100 Å². The van der Waals surface area contributed by atoms with Crippen LogP contribution in [0.25, 0.3) is 0 Å². The van der Waals surface area contributed by atoms with Gasteiger partial charge < -0.3 is 45.1 Å². The van der Waals surface area contributed by atoms with Crippen LogP contribution in [-0.2, 0) is 23.8 Å². The molecule has 1 aliphatic heterocycles. The Morgan fingerprint density at radius 3 is 1.45 bits per heavy atom. The first-order valence-corrected chi connectivity index (χ1v) is 27.6. The highest BCUT2D eigenvalue weighted by Crippen LogP contribution is 2.23. The molecule has 0 aromatic heterocycles. The van der Waals surface area contributed by atoms with Gasteiger partial charge in [0.15, 0.2) is 6.29 Å². The zero-order valence-electron chi connectivity index (χ0n) is 42.4. The number of rotatable bonds is 47. The minimum atomic E-state index is -1.58. The Morgan fingerprint density at radius 2 is 0.970 bits per heavy atom. The van der Waals surface area contributed by atoms with Crippen molar-refractivity contribution < 1.29 is 49.3 Å². The molecule has 1 heterocycles. The summed E-state index contributed by atoms with van der Waals surface area (Å²) in [5, 5.41) is 54.3. The number of hydrogen-bond donors (Lipinski definition) is 6. The molecule has 0 spiro atoms. The Morgan fingerprint density at radius 1 is 0.545 bits per heavy atom. The molecule has 0 bridgehead atoms. The lowest BCUT2D eigenvalue weighted by molar-refractivity contribution is -0.302. The number of carbonyl (C=O) groups is 2. The van der Waals surface area contributed by atoms with Crippen molar-refractivity contribution in [3.8, 4) is 0 Å². The summed E-state index contributed by atoms with van der Waals surface area (Å²) >= 11 is 0. The number of nitrogens with one attached hydrogen (secondary N) is 1. The first-order chi connectivity index (χ1) is 32.2. The van der Waals surface area contributed by atoms with Crippen molar-refractivity contribution in [2.45, 2.75) is 294 Å². The lowest BCUT2D eigenvalue weighted by Gasteiger charge is -2.40. The van der Waals surface area contributed by atoms with E-state index in [0.29, 0.717) is 19.4 Å². The van der Waals surface area contributed by atoms with Gasteiger partial charge in [-0.25, -0.2) is 0 Å². The largest absolute Gasteiger partial charge is 0.466 e. The van der Waals surface area contributed by atoms with E-state index in [2.05, 4.69) is 31.3 Å². The second-order valence-electron chi connectivity index (χ2n) is 19.3. The molecule has 11 heteroatoms. The van der Waals surface area contributed by atoms with E-state index in [1.165, 1.54) is 141 Å². The quantitative estimate of drug-likeness (QED) is 0.0196. The molecule has 1 fully saturated rings. The van der Waals surface area contributed by atoms with Gasteiger partial charge in [-0.05, 0) is 57.8 Å². The van der Waals surface area contributed by atoms with E-state index in [9.17, 15) is 35.1 Å². The summed E-state index contributed by atoms with van der Waals surface area (Å²) in [5.74, 6) is -0.227. The third-order valence-corrected chi connectivity index (χ3v) is 13.1. The summed E-state index contributed by atoms with van der Waals surface area (Å²) in [7, 11) is 0. The third kappa shape index (κ3) is 35.3. The van der Waals surface area contributed by atoms with Gasteiger partial charge in [-0.15, -0.1) is 0 Å². The molecule has 388 valence electrons. The van der Waals surface area contributed by atoms with Crippen LogP contribution in [0, 0.1) is 0 Å². The molecule has 0 saturated carbocycles. The van der Waals surface area contributed by atoms with Gasteiger partial charge in [0.25, 0.3) is 0 Å².